The molecule has 0 radical (unpaired) electrons. The topological polar surface area (TPSA) is 90.3 Å². The predicted octanol–water partition coefficient (Wildman–Crippen LogP) is 2.47. The third-order valence-electron chi connectivity index (χ3n) is 4.26. The van der Waals surface area contributed by atoms with Crippen LogP contribution in [0.4, 0.5) is 0 Å². The fraction of sp³-hybridized carbons (Fsp3) is 0.200. The van der Waals surface area contributed by atoms with Crippen LogP contribution in [0.3, 0.4) is 0 Å². The van der Waals surface area contributed by atoms with Crippen LogP contribution in [0.5, 0.6) is 0 Å². The van der Waals surface area contributed by atoms with Gasteiger partial charge in [-0.2, -0.15) is 0 Å². The second-order valence-electron chi connectivity index (χ2n) is 6.12. The van der Waals surface area contributed by atoms with E-state index in [1.54, 1.807) is 48.5 Å². The molecule has 0 aliphatic rings. The quantitative estimate of drug-likeness (QED) is 0.643. The summed E-state index contributed by atoms with van der Waals surface area (Å²) in [4.78, 5) is 40.7. The van der Waals surface area contributed by atoms with E-state index in [0.717, 1.165) is 0 Å². The van der Waals surface area contributed by atoms with E-state index >= 15 is 0 Å². The Labute approximate surface area is 165 Å². The summed E-state index contributed by atoms with van der Waals surface area (Å²) < 4.78 is 6.06. The number of para-hydroxylation sites is 2. The Bertz CT molecular complexity index is 1060. The van der Waals surface area contributed by atoms with E-state index in [4.69, 9.17) is 16.3 Å². The number of carbonyl (C=O) groups is 2. The molecule has 1 atom stereocenters. The van der Waals surface area contributed by atoms with Crippen LogP contribution < -0.4 is 10.9 Å². The number of hydrogen-bond donors (Lipinski definition) is 1. The average Bonchev–Trinajstić information content (AvgIpc) is 2.70. The van der Waals surface area contributed by atoms with Crippen molar-refractivity contribution >= 4 is 34.5 Å². The van der Waals surface area contributed by atoms with Gasteiger partial charge in [0, 0.05) is 5.02 Å². The Hall–Kier alpha value is -3.19. The Balaban J connectivity index is 1.84. The molecule has 0 fully saturated rings. The van der Waals surface area contributed by atoms with Crippen molar-refractivity contribution in [2.24, 2.45) is 0 Å². The summed E-state index contributed by atoms with van der Waals surface area (Å²) in [6.45, 7) is -0.201. The number of nitrogens with zero attached hydrogens (tertiary/aromatic N) is 2. The number of carbonyl (C=O) groups excluding carboxylic acids is 2. The van der Waals surface area contributed by atoms with Crippen molar-refractivity contribution in [2.75, 3.05) is 7.11 Å². The number of ether oxygens (including phenoxy) is 1. The molecule has 144 valence electrons. The van der Waals surface area contributed by atoms with Gasteiger partial charge in [0.2, 0.25) is 5.91 Å². The number of fused-ring (bicyclic) bond motifs is 1. The lowest BCUT2D eigenvalue weighted by Gasteiger charge is -2.19. The number of aromatic nitrogens is 2. The second-order valence-corrected chi connectivity index (χ2v) is 6.56. The van der Waals surface area contributed by atoms with Crippen molar-refractivity contribution < 1.29 is 14.3 Å². The monoisotopic (exact) mass is 399 g/mol. The summed E-state index contributed by atoms with van der Waals surface area (Å²) in [6, 6.07) is 13.2. The van der Waals surface area contributed by atoms with Gasteiger partial charge in [-0.05, 0) is 29.8 Å². The SMILES string of the molecule is COC(=O)CC(NC(=O)Cn1c(=O)cnc2ccccc21)c1ccc(Cl)cc1. The molecule has 0 bridgehead atoms. The van der Waals surface area contributed by atoms with Gasteiger partial charge in [-0.25, -0.2) is 4.98 Å². The zero-order valence-corrected chi connectivity index (χ0v) is 15.8. The van der Waals surface area contributed by atoms with Gasteiger partial charge in [0.05, 0.1) is 36.8 Å². The summed E-state index contributed by atoms with van der Waals surface area (Å²) in [5, 5.41) is 3.34. The number of amides is 1. The number of halogens is 1. The third kappa shape index (κ3) is 4.55. The van der Waals surface area contributed by atoms with Crippen LogP contribution in [-0.4, -0.2) is 28.5 Å². The largest absolute Gasteiger partial charge is 0.469 e. The minimum atomic E-state index is -0.610. The third-order valence-corrected chi connectivity index (χ3v) is 4.51. The van der Waals surface area contributed by atoms with E-state index in [1.165, 1.54) is 17.9 Å². The number of nitrogens with one attached hydrogen (secondary N) is 1. The van der Waals surface area contributed by atoms with Crippen LogP contribution in [0.15, 0.2) is 59.5 Å². The van der Waals surface area contributed by atoms with Crippen molar-refractivity contribution in [3.05, 3.63) is 75.7 Å². The summed E-state index contributed by atoms with van der Waals surface area (Å²) in [6.07, 6.45) is 1.14. The molecule has 1 heterocycles. The number of hydrogen-bond acceptors (Lipinski definition) is 5. The van der Waals surface area contributed by atoms with Gasteiger partial charge in [-0.3, -0.25) is 19.0 Å². The molecule has 1 N–H and O–H groups in total. The molecule has 1 amide bonds. The molecule has 0 aliphatic carbocycles. The molecule has 3 rings (SSSR count). The van der Waals surface area contributed by atoms with Crippen LogP contribution in [0, 0.1) is 0 Å². The number of benzene rings is 2. The lowest BCUT2D eigenvalue weighted by Crippen LogP contribution is -2.35. The molecule has 2 aromatic carbocycles. The molecule has 28 heavy (non-hydrogen) atoms. The number of rotatable bonds is 6. The van der Waals surface area contributed by atoms with E-state index in [9.17, 15) is 14.4 Å². The molecular formula is C20H18ClN3O4. The van der Waals surface area contributed by atoms with Gasteiger partial charge in [-0.1, -0.05) is 35.9 Å². The fourth-order valence-electron chi connectivity index (χ4n) is 2.86. The van der Waals surface area contributed by atoms with Gasteiger partial charge in [0.15, 0.2) is 0 Å². The van der Waals surface area contributed by atoms with Crippen molar-refractivity contribution in [1.82, 2.24) is 14.9 Å². The van der Waals surface area contributed by atoms with Gasteiger partial charge >= 0.3 is 5.97 Å². The van der Waals surface area contributed by atoms with E-state index in [2.05, 4.69) is 10.3 Å². The molecule has 0 spiro atoms. The first-order valence-electron chi connectivity index (χ1n) is 8.54. The van der Waals surface area contributed by atoms with Crippen molar-refractivity contribution in [2.45, 2.75) is 19.0 Å². The average molecular weight is 400 g/mol. The Morgan fingerprint density at radius 2 is 1.89 bits per heavy atom. The van der Waals surface area contributed by atoms with Crippen LogP contribution in [0.25, 0.3) is 11.0 Å². The van der Waals surface area contributed by atoms with Gasteiger partial charge < -0.3 is 10.1 Å². The Kier molecular flexibility index (Phi) is 6.06. The first-order valence-corrected chi connectivity index (χ1v) is 8.92. The first-order chi connectivity index (χ1) is 13.5. The minimum absolute atomic E-state index is 0.0458. The predicted molar refractivity (Wildman–Crippen MR) is 105 cm³/mol. The molecule has 8 heteroatoms. The van der Waals surface area contributed by atoms with Crippen LogP contribution in [0.2, 0.25) is 5.02 Å². The maximum Gasteiger partial charge on any atom is 0.307 e. The van der Waals surface area contributed by atoms with Crippen LogP contribution >= 0.6 is 11.6 Å². The highest BCUT2D eigenvalue weighted by Crippen LogP contribution is 2.20. The van der Waals surface area contributed by atoms with Crippen molar-refractivity contribution in [1.29, 1.82) is 0 Å². The van der Waals surface area contributed by atoms with Crippen molar-refractivity contribution in [3.8, 4) is 0 Å². The minimum Gasteiger partial charge on any atom is -0.469 e. The lowest BCUT2D eigenvalue weighted by molar-refractivity contribution is -0.141. The highest BCUT2D eigenvalue weighted by atomic mass is 35.5. The van der Waals surface area contributed by atoms with Crippen LogP contribution in [-0.2, 0) is 20.9 Å². The van der Waals surface area contributed by atoms with Crippen LogP contribution in [0.1, 0.15) is 18.0 Å². The molecule has 0 saturated carbocycles. The smallest absolute Gasteiger partial charge is 0.307 e. The molecule has 1 aromatic heterocycles. The van der Waals surface area contributed by atoms with E-state index < -0.39 is 17.9 Å². The zero-order chi connectivity index (χ0) is 20.1. The number of esters is 1. The molecule has 0 aliphatic heterocycles. The van der Waals surface area contributed by atoms with E-state index in [-0.39, 0.29) is 18.5 Å². The van der Waals surface area contributed by atoms with Crippen molar-refractivity contribution in [3.63, 3.8) is 0 Å². The first kappa shape index (κ1) is 19.6. The standard InChI is InChI=1S/C20H18ClN3O4/c1-28-20(27)10-16(13-6-8-14(21)9-7-13)23-18(25)12-24-17-5-3-2-4-15(17)22-11-19(24)26/h2-9,11,16H,10,12H2,1H3,(H,23,25). The maximum absolute atomic E-state index is 12.7. The lowest BCUT2D eigenvalue weighted by atomic mass is 10.0. The fourth-order valence-corrected chi connectivity index (χ4v) is 2.98. The summed E-state index contributed by atoms with van der Waals surface area (Å²) in [5.74, 6) is -0.880. The summed E-state index contributed by atoms with van der Waals surface area (Å²) >= 11 is 5.91. The molecule has 3 aromatic rings. The number of methoxy groups -OCH3 is 1. The zero-order valence-electron chi connectivity index (χ0n) is 15.1. The molecule has 1 unspecified atom stereocenters. The molecule has 0 saturated heterocycles. The second kappa shape index (κ2) is 8.67. The summed E-state index contributed by atoms with van der Waals surface area (Å²) in [7, 11) is 1.28. The summed E-state index contributed by atoms with van der Waals surface area (Å²) in [5.41, 5.74) is 1.49. The highest BCUT2D eigenvalue weighted by molar-refractivity contribution is 6.30. The van der Waals surface area contributed by atoms with E-state index in [1.807, 2.05) is 0 Å². The van der Waals surface area contributed by atoms with Gasteiger partial charge in [0.1, 0.15) is 6.54 Å². The Morgan fingerprint density at radius 1 is 1.18 bits per heavy atom. The maximum atomic E-state index is 12.7. The van der Waals surface area contributed by atoms with E-state index in [0.29, 0.717) is 21.6 Å². The normalized spacial score (nSPS) is 11.8. The molecule has 7 nitrogen and oxygen atoms in total. The van der Waals surface area contributed by atoms with Gasteiger partial charge in [0.25, 0.3) is 5.56 Å². The Morgan fingerprint density at radius 3 is 2.61 bits per heavy atom. The van der Waals surface area contributed by atoms with Gasteiger partial charge in [-0.15, -0.1) is 0 Å². The molecular weight excluding hydrogens is 382 g/mol. The highest BCUT2D eigenvalue weighted by Gasteiger charge is 2.20.